The molecule has 0 amide bonds. The van der Waals surface area contributed by atoms with Crippen molar-refractivity contribution < 1.29 is 13.8 Å². The van der Waals surface area contributed by atoms with Crippen LogP contribution < -0.4 is 0 Å². The number of azide groups is 1. The third-order valence-electron chi connectivity index (χ3n) is 1.44. The van der Waals surface area contributed by atoms with Crippen molar-refractivity contribution >= 4 is 7.37 Å². The summed E-state index contributed by atoms with van der Waals surface area (Å²) >= 11 is 0. The monoisotopic (exact) mass is 221 g/mol. The second-order valence-corrected chi connectivity index (χ2v) is 5.46. The molecule has 0 aliphatic rings. The lowest BCUT2D eigenvalue weighted by atomic mass is 10.7. The molecule has 0 aromatic heterocycles. The number of ether oxygens (including phenoxy) is 1. The minimum atomic E-state index is -2.48. The van der Waals surface area contributed by atoms with E-state index in [1.807, 2.05) is 0 Å². The minimum Gasteiger partial charge on any atom is -0.381 e. The van der Waals surface area contributed by atoms with Crippen molar-refractivity contribution in [3.05, 3.63) is 10.4 Å². The van der Waals surface area contributed by atoms with Gasteiger partial charge < -0.3 is 9.26 Å². The molecule has 0 saturated heterocycles. The zero-order chi connectivity index (χ0) is 10.9. The molecule has 7 heteroatoms. The lowest BCUT2D eigenvalue weighted by molar-refractivity contribution is 0.154. The Morgan fingerprint density at radius 1 is 1.50 bits per heavy atom. The van der Waals surface area contributed by atoms with Gasteiger partial charge in [-0.25, -0.2) is 0 Å². The van der Waals surface area contributed by atoms with Gasteiger partial charge in [0.15, 0.2) is 0 Å². The highest BCUT2D eigenvalue weighted by atomic mass is 31.2. The Balaban J connectivity index is 3.43. The molecule has 0 saturated carbocycles. The van der Waals surface area contributed by atoms with Crippen LogP contribution in [0.5, 0.6) is 0 Å². The largest absolute Gasteiger partial charge is 0.381 e. The van der Waals surface area contributed by atoms with Crippen LogP contribution in [0.4, 0.5) is 0 Å². The van der Waals surface area contributed by atoms with Gasteiger partial charge >= 0.3 is 0 Å². The summed E-state index contributed by atoms with van der Waals surface area (Å²) in [6.45, 7) is 4.88. The average Bonchev–Trinajstić information content (AvgIpc) is 2.11. The predicted molar refractivity (Wildman–Crippen MR) is 54.9 cm³/mol. The van der Waals surface area contributed by atoms with Crippen molar-refractivity contribution in [1.82, 2.24) is 0 Å². The summed E-state index contributed by atoms with van der Waals surface area (Å²) in [5.74, 6) is 0. The molecule has 1 unspecified atom stereocenters. The van der Waals surface area contributed by atoms with Crippen LogP contribution in [0.15, 0.2) is 5.11 Å². The zero-order valence-electron chi connectivity index (χ0n) is 8.55. The first kappa shape index (κ1) is 13.5. The van der Waals surface area contributed by atoms with Crippen molar-refractivity contribution in [3.63, 3.8) is 0 Å². The van der Waals surface area contributed by atoms with Crippen molar-refractivity contribution in [1.29, 1.82) is 0 Å². The van der Waals surface area contributed by atoms with Gasteiger partial charge in [0, 0.05) is 24.3 Å². The van der Waals surface area contributed by atoms with E-state index in [0.29, 0.717) is 32.5 Å². The molecule has 82 valence electrons. The summed E-state index contributed by atoms with van der Waals surface area (Å²) in [6, 6.07) is 0. The quantitative estimate of drug-likeness (QED) is 0.207. The van der Waals surface area contributed by atoms with E-state index in [-0.39, 0.29) is 0 Å². The Labute approximate surface area is 83.7 Å². The number of rotatable bonds is 8. The molecule has 0 bridgehead atoms. The van der Waals surface area contributed by atoms with Crippen LogP contribution in [0.25, 0.3) is 10.4 Å². The third kappa shape index (κ3) is 8.08. The summed E-state index contributed by atoms with van der Waals surface area (Å²) in [5, 5.41) is 3.30. The van der Waals surface area contributed by atoms with Crippen molar-refractivity contribution in [2.75, 3.05) is 39.2 Å². The maximum Gasteiger partial charge on any atom is 0.202 e. The Morgan fingerprint density at radius 2 is 2.21 bits per heavy atom. The molecule has 0 aliphatic heterocycles. The first-order valence-electron chi connectivity index (χ1n) is 4.42. The van der Waals surface area contributed by atoms with Crippen LogP contribution in [0.3, 0.4) is 0 Å². The summed E-state index contributed by atoms with van der Waals surface area (Å²) in [4.78, 5) is 2.58. The molecule has 0 aliphatic carbocycles. The minimum absolute atomic E-state index is 0.305. The van der Waals surface area contributed by atoms with Gasteiger partial charge in [-0.3, -0.25) is 4.57 Å². The Hall–Kier alpha value is -0.540. The number of hydrogen-bond donors (Lipinski definition) is 0. The molecule has 0 aromatic carbocycles. The highest BCUT2D eigenvalue weighted by molar-refractivity contribution is 7.58. The van der Waals surface area contributed by atoms with Crippen molar-refractivity contribution in [3.8, 4) is 0 Å². The molecule has 0 spiro atoms. The molecule has 0 aromatic rings. The maximum atomic E-state index is 11.5. The van der Waals surface area contributed by atoms with Crippen LogP contribution in [0.1, 0.15) is 6.92 Å². The third-order valence-corrected chi connectivity index (χ3v) is 3.24. The zero-order valence-corrected chi connectivity index (χ0v) is 9.44. The highest BCUT2D eigenvalue weighted by Crippen LogP contribution is 2.41. The Morgan fingerprint density at radius 3 is 2.79 bits per heavy atom. The van der Waals surface area contributed by atoms with E-state index < -0.39 is 7.37 Å². The number of nitrogens with zero attached hydrogens (tertiary/aromatic N) is 3. The molecule has 0 heterocycles. The summed E-state index contributed by atoms with van der Waals surface area (Å²) in [6.07, 6.45) is 0.400. The lowest BCUT2D eigenvalue weighted by Crippen LogP contribution is -2.05. The fourth-order valence-electron chi connectivity index (χ4n) is 0.820. The van der Waals surface area contributed by atoms with E-state index in [1.165, 1.54) is 0 Å². The smallest absolute Gasteiger partial charge is 0.202 e. The van der Waals surface area contributed by atoms with Gasteiger partial charge in [0.1, 0.15) is 0 Å². The van der Waals surface area contributed by atoms with Gasteiger partial charge in [0.05, 0.1) is 19.8 Å². The Bertz CT molecular complexity index is 240. The highest BCUT2D eigenvalue weighted by Gasteiger charge is 2.13. The molecular formula is C7H16N3O3P. The maximum absolute atomic E-state index is 11.5. The molecule has 1 atom stereocenters. The fraction of sp³-hybridized carbons (Fsp3) is 1.00. The predicted octanol–water partition coefficient (Wildman–Crippen LogP) is 2.26. The van der Waals surface area contributed by atoms with E-state index in [4.69, 9.17) is 14.8 Å². The van der Waals surface area contributed by atoms with E-state index in [2.05, 4.69) is 10.0 Å². The molecule has 0 radical (unpaired) electrons. The van der Waals surface area contributed by atoms with Gasteiger partial charge in [0.25, 0.3) is 0 Å². The van der Waals surface area contributed by atoms with Gasteiger partial charge in [-0.15, -0.1) is 0 Å². The molecular weight excluding hydrogens is 205 g/mol. The van der Waals surface area contributed by atoms with Gasteiger partial charge in [0.2, 0.25) is 7.37 Å². The topological polar surface area (TPSA) is 84.3 Å². The van der Waals surface area contributed by atoms with Crippen LogP contribution in [-0.2, 0) is 13.8 Å². The van der Waals surface area contributed by atoms with Crippen molar-refractivity contribution in [2.45, 2.75) is 6.92 Å². The van der Waals surface area contributed by atoms with Crippen molar-refractivity contribution in [2.24, 2.45) is 5.11 Å². The fourth-order valence-corrected chi connectivity index (χ4v) is 1.96. The van der Waals surface area contributed by atoms with Crippen LogP contribution in [0.2, 0.25) is 0 Å². The molecule has 6 nitrogen and oxygen atoms in total. The van der Waals surface area contributed by atoms with E-state index in [0.717, 1.165) is 0 Å². The van der Waals surface area contributed by atoms with Crippen LogP contribution >= 0.6 is 7.37 Å². The van der Waals surface area contributed by atoms with E-state index in [9.17, 15) is 4.57 Å². The van der Waals surface area contributed by atoms with E-state index in [1.54, 1.807) is 13.6 Å². The second kappa shape index (κ2) is 7.83. The van der Waals surface area contributed by atoms with Gasteiger partial charge in [-0.2, -0.15) is 0 Å². The number of hydrogen-bond acceptors (Lipinski definition) is 4. The summed E-state index contributed by atoms with van der Waals surface area (Å²) < 4.78 is 21.7. The SMILES string of the molecule is CCOP(C)(=O)CCOCCN=[N+]=[N-]. The molecule has 0 rings (SSSR count). The summed E-state index contributed by atoms with van der Waals surface area (Å²) in [5.41, 5.74) is 7.96. The standard InChI is InChI=1S/C7H16N3O3P/c1-3-13-14(2,11)7-6-12-5-4-9-10-8/h3-7H2,1-2H3. The normalized spacial score (nSPS) is 14.4. The second-order valence-electron chi connectivity index (χ2n) is 2.72. The Kier molecular flexibility index (Phi) is 7.52. The first-order valence-corrected chi connectivity index (χ1v) is 6.68. The van der Waals surface area contributed by atoms with Gasteiger partial charge in [-0.05, 0) is 12.5 Å². The van der Waals surface area contributed by atoms with Crippen LogP contribution in [-0.4, -0.2) is 39.2 Å². The molecule has 14 heavy (non-hydrogen) atoms. The lowest BCUT2D eigenvalue weighted by Gasteiger charge is -2.11. The summed E-state index contributed by atoms with van der Waals surface area (Å²) in [7, 11) is -2.48. The average molecular weight is 221 g/mol. The first-order chi connectivity index (χ1) is 6.62. The molecule has 0 N–H and O–H groups in total. The molecule has 0 fully saturated rings. The van der Waals surface area contributed by atoms with Gasteiger partial charge in [-0.1, -0.05) is 5.11 Å². The van der Waals surface area contributed by atoms with E-state index >= 15 is 0 Å². The van der Waals surface area contributed by atoms with Crippen LogP contribution in [0, 0.1) is 0 Å².